The Hall–Kier alpha value is -0.760. The number of hydrogen-bond acceptors (Lipinski definition) is 3. The molecule has 2 rings (SSSR count). The zero-order valence-electron chi connectivity index (χ0n) is 10.1. The van der Waals surface area contributed by atoms with Gasteiger partial charge in [-0.3, -0.25) is 4.79 Å². The molecule has 20 heavy (non-hydrogen) atoms. The third-order valence-electron chi connectivity index (χ3n) is 2.56. The average Bonchev–Trinajstić information content (AvgIpc) is 2.76. The maximum atomic E-state index is 12.2. The van der Waals surface area contributed by atoms with Gasteiger partial charge in [0.1, 0.15) is 11.0 Å². The Morgan fingerprint density at radius 1 is 1.30 bits per heavy atom. The number of hydrogen-bond donors (Lipinski definition) is 2. The fourth-order valence-electron chi connectivity index (χ4n) is 1.62. The van der Waals surface area contributed by atoms with Crippen molar-refractivity contribution in [3.05, 3.63) is 55.1 Å². The normalized spacial score (nSPS) is 11.9. The number of nitrogens with two attached hydrogens (primary N) is 1. The van der Waals surface area contributed by atoms with E-state index in [2.05, 4.69) is 37.2 Å². The van der Waals surface area contributed by atoms with Crippen LogP contribution >= 0.6 is 55.4 Å². The molecule has 2 aromatic rings. The Balaban J connectivity index is 2.21. The molecule has 0 aliphatic heterocycles. The molecule has 0 saturated heterocycles. The number of amides is 1. The van der Waals surface area contributed by atoms with Crippen LogP contribution in [0.4, 0.5) is 0 Å². The molecule has 1 aromatic heterocycles. The van der Waals surface area contributed by atoms with E-state index in [0.717, 1.165) is 13.8 Å². The van der Waals surface area contributed by atoms with Gasteiger partial charge in [-0.2, -0.15) is 0 Å². The van der Waals surface area contributed by atoms with Gasteiger partial charge in [-0.25, -0.2) is 0 Å². The lowest BCUT2D eigenvalue weighted by molar-refractivity contribution is 0.0951. The lowest BCUT2D eigenvalue weighted by Gasteiger charge is -2.17. The SMILES string of the molecule is NC(=S)C(NC(=O)c1cc(Br)c(Br)s1)c1ccccc1. The molecule has 3 N–H and O–H groups in total. The Morgan fingerprint density at radius 2 is 1.95 bits per heavy atom. The first-order valence-electron chi connectivity index (χ1n) is 5.59. The monoisotopic (exact) mass is 432 g/mol. The maximum Gasteiger partial charge on any atom is 0.262 e. The van der Waals surface area contributed by atoms with E-state index in [4.69, 9.17) is 18.0 Å². The minimum atomic E-state index is -0.474. The molecule has 0 saturated carbocycles. The maximum absolute atomic E-state index is 12.2. The van der Waals surface area contributed by atoms with Crippen LogP contribution in [-0.2, 0) is 0 Å². The molecule has 3 nitrogen and oxygen atoms in total. The number of halogens is 2. The summed E-state index contributed by atoms with van der Waals surface area (Å²) in [6.45, 7) is 0. The Kier molecular flexibility index (Phi) is 5.31. The van der Waals surface area contributed by atoms with Crippen molar-refractivity contribution in [1.29, 1.82) is 0 Å². The highest BCUT2D eigenvalue weighted by Crippen LogP contribution is 2.32. The zero-order chi connectivity index (χ0) is 14.7. The number of carbonyl (C=O) groups is 1. The van der Waals surface area contributed by atoms with Gasteiger partial charge in [0.2, 0.25) is 0 Å². The quantitative estimate of drug-likeness (QED) is 0.715. The lowest BCUT2D eigenvalue weighted by atomic mass is 10.1. The highest BCUT2D eigenvalue weighted by molar-refractivity contribution is 9.13. The summed E-state index contributed by atoms with van der Waals surface area (Å²) in [4.78, 5) is 13.1. The predicted octanol–water partition coefficient (Wildman–Crippen LogP) is 4.03. The Labute approximate surface area is 142 Å². The van der Waals surface area contributed by atoms with Crippen LogP contribution in [-0.4, -0.2) is 10.9 Å². The van der Waals surface area contributed by atoms with E-state index in [1.165, 1.54) is 11.3 Å². The van der Waals surface area contributed by atoms with Crippen LogP contribution in [0, 0.1) is 0 Å². The summed E-state index contributed by atoms with van der Waals surface area (Å²) < 4.78 is 1.72. The Bertz CT molecular complexity index is 624. The van der Waals surface area contributed by atoms with Crippen molar-refractivity contribution in [3.63, 3.8) is 0 Å². The van der Waals surface area contributed by atoms with Crippen molar-refractivity contribution < 1.29 is 4.79 Å². The summed E-state index contributed by atoms with van der Waals surface area (Å²) in [5, 5.41) is 2.85. The summed E-state index contributed by atoms with van der Waals surface area (Å²) in [7, 11) is 0. The second-order valence-electron chi connectivity index (χ2n) is 3.95. The molecule has 1 atom stereocenters. The van der Waals surface area contributed by atoms with Crippen molar-refractivity contribution in [2.45, 2.75) is 6.04 Å². The number of nitrogens with one attached hydrogen (secondary N) is 1. The molecular weight excluding hydrogens is 424 g/mol. The topological polar surface area (TPSA) is 55.1 Å². The molecule has 1 amide bonds. The second kappa shape index (κ2) is 6.80. The zero-order valence-corrected chi connectivity index (χ0v) is 14.9. The van der Waals surface area contributed by atoms with Crippen LogP contribution in [0.2, 0.25) is 0 Å². The van der Waals surface area contributed by atoms with Crippen LogP contribution in [0.25, 0.3) is 0 Å². The summed E-state index contributed by atoms with van der Waals surface area (Å²) in [6, 6.07) is 10.7. The number of carbonyl (C=O) groups excluding carboxylic acids is 1. The first kappa shape index (κ1) is 15.6. The molecule has 0 bridgehead atoms. The predicted molar refractivity (Wildman–Crippen MR) is 93.2 cm³/mol. The van der Waals surface area contributed by atoms with Crippen molar-refractivity contribution >= 4 is 66.3 Å². The highest BCUT2D eigenvalue weighted by atomic mass is 79.9. The number of thiocarbonyl (C=S) groups is 1. The van der Waals surface area contributed by atoms with E-state index < -0.39 is 6.04 Å². The fraction of sp³-hybridized carbons (Fsp3) is 0.0769. The van der Waals surface area contributed by atoms with Gasteiger partial charge in [-0.1, -0.05) is 42.5 Å². The Morgan fingerprint density at radius 3 is 2.45 bits per heavy atom. The van der Waals surface area contributed by atoms with E-state index in [9.17, 15) is 4.79 Å². The fourth-order valence-corrected chi connectivity index (χ4v) is 3.76. The minimum Gasteiger partial charge on any atom is -0.391 e. The van der Waals surface area contributed by atoms with Crippen molar-refractivity contribution in [1.82, 2.24) is 5.32 Å². The largest absolute Gasteiger partial charge is 0.391 e. The molecule has 0 spiro atoms. The van der Waals surface area contributed by atoms with Crippen LogP contribution in [0.3, 0.4) is 0 Å². The van der Waals surface area contributed by atoms with E-state index in [1.807, 2.05) is 30.3 Å². The summed E-state index contributed by atoms with van der Waals surface area (Å²) in [5.74, 6) is -0.206. The molecule has 0 aliphatic carbocycles. The molecule has 0 aliphatic rings. The van der Waals surface area contributed by atoms with Crippen molar-refractivity contribution in [3.8, 4) is 0 Å². The summed E-state index contributed by atoms with van der Waals surface area (Å²) in [5.41, 5.74) is 6.60. The van der Waals surface area contributed by atoms with Gasteiger partial charge >= 0.3 is 0 Å². The summed E-state index contributed by atoms with van der Waals surface area (Å²) >= 11 is 13.1. The molecule has 0 radical (unpaired) electrons. The second-order valence-corrected chi connectivity index (χ2v) is 7.65. The van der Waals surface area contributed by atoms with Gasteiger partial charge in [-0.15, -0.1) is 11.3 Å². The van der Waals surface area contributed by atoms with E-state index in [-0.39, 0.29) is 10.9 Å². The standard InChI is InChI=1S/C13H10Br2N2OS2/c14-8-6-9(20-11(8)15)13(18)17-10(12(16)19)7-4-2-1-3-5-7/h1-6,10H,(H2,16,19)(H,17,18). The number of benzene rings is 1. The van der Waals surface area contributed by atoms with Crippen LogP contribution < -0.4 is 11.1 Å². The first-order chi connectivity index (χ1) is 9.49. The van der Waals surface area contributed by atoms with Crippen molar-refractivity contribution in [2.24, 2.45) is 5.73 Å². The molecule has 104 valence electrons. The lowest BCUT2D eigenvalue weighted by Crippen LogP contribution is -2.36. The number of thiophene rings is 1. The van der Waals surface area contributed by atoms with E-state index in [0.29, 0.717) is 4.88 Å². The number of rotatable bonds is 4. The van der Waals surface area contributed by atoms with Gasteiger partial charge < -0.3 is 11.1 Å². The van der Waals surface area contributed by atoms with Gasteiger partial charge in [-0.05, 0) is 43.5 Å². The third kappa shape index (κ3) is 3.66. The average molecular weight is 434 g/mol. The van der Waals surface area contributed by atoms with Crippen LogP contribution in [0.1, 0.15) is 21.3 Å². The molecule has 7 heteroatoms. The molecule has 1 unspecified atom stereocenters. The van der Waals surface area contributed by atoms with E-state index in [1.54, 1.807) is 6.07 Å². The first-order valence-corrected chi connectivity index (χ1v) is 8.40. The minimum absolute atomic E-state index is 0.206. The van der Waals surface area contributed by atoms with Crippen molar-refractivity contribution in [2.75, 3.05) is 0 Å². The third-order valence-corrected chi connectivity index (χ3v) is 6.05. The molecule has 1 heterocycles. The molecule has 1 aromatic carbocycles. The van der Waals surface area contributed by atoms with Crippen LogP contribution in [0.15, 0.2) is 44.7 Å². The van der Waals surface area contributed by atoms with Crippen LogP contribution in [0.5, 0.6) is 0 Å². The van der Waals surface area contributed by atoms with Gasteiger partial charge in [0.15, 0.2) is 0 Å². The van der Waals surface area contributed by atoms with Gasteiger partial charge in [0.25, 0.3) is 5.91 Å². The summed E-state index contributed by atoms with van der Waals surface area (Å²) in [6.07, 6.45) is 0. The van der Waals surface area contributed by atoms with E-state index >= 15 is 0 Å². The smallest absolute Gasteiger partial charge is 0.262 e. The molecular formula is C13H10Br2N2OS2. The van der Waals surface area contributed by atoms with Gasteiger partial charge in [0, 0.05) is 4.47 Å². The highest BCUT2D eigenvalue weighted by Gasteiger charge is 2.20. The van der Waals surface area contributed by atoms with Gasteiger partial charge in [0.05, 0.1) is 8.66 Å². The molecule has 0 fully saturated rings.